The summed E-state index contributed by atoms with van der Waals surface area (Å²) in [4.78, 5) is 0. The Morgan fingerprint density at radius 1 is 1.24 bits per heavy atom. The molecule has 0 bridgehead atoms. The molecule has 2 unspecified atom stereocenters. The van der Waals surface area contributed by atoms with E-state index < -0.39 is 22.0 Å². The zero-order valence-electron chi connectivity index (χ0n) is 9.14. The molecule has 1 fully saturated rings. The van der Waals surface area contributed by atoms with Gasteiger partial charge in [-0.2, -0.15) is 0 Å². The quantitative estimate of drug-likeness (QED) is 0.516. The van der Waals surface area contributed by atoms with Crippen LogP contribution in [-0.4, -0.2) is 37.2 Å². The van der Waals surface area contributed by atoms with Crippen molar-refractivity contribution >= 4 is 21.2 Å². The Bertz CT molecular complexity index is 475. The van der Waals surface area contributed by atoms with Crippen LogP contribution in [0.4, 0.5) is 11.4 Å². The number of rotatable bonds is 2. The molecular formula is C10H15ClN2O3S. The molecule has 2 rings (SSSR count). The van der Waals surface area contributed by atoms with Crippen LogP contribution in [-0.2, 0) is 9.84 Å². The third-order valence-corrected chi connectivity index (χ3v) is 4.35. The first kappa shape index (κ1) is 14.2. The zero-order chi connectivity index (χ0) is 11.8. The molecule has 5 N–H and O–H groups in total. The van der Waals surface area contributed by atoms with Crippen LogP contribution in [0.15, 0.2) is 24.3 Å². The van der Waals surface area contributed by atoms with Crippen molar-refractivity contribution in [2.24, 2.45) is 0 Å². The Balaban J connectivity index is 0.00000144. The number of anilines is 1. The van der Waals surface area contributed by atoms with Gasteiger partial charge in [-0.05, 0) is 12.1 Å². The molecule has 17 heavy (non-hydrogen) atoms. The monoisotopic (exact) mass is 278 g/mol. The lowest BCUT2D eigenvalue weighted by Gasteiger charge is -2.15. The van der Waals surface area contributed by atoms with Gasteiger partial charge in [0.1, 0.15) is 5.69 Å². The smallest absolute Gasteiger partial charge is 0.155 e. The first-order valence-electron chi connectivity index (χ1n) is 5.03. The molecule has 1 saturated heterocycles. The number of sulfone groups is 1. The van der Waals surface area contributed by atoms with Gasteiger partial charge in [0.15, 0.2) is 9.84 Å². The van der Waals surface area contributed by atoms with E-state index in [1.165, 1.54) is 0 Å². The molecule has 1 aliphatic rings. The SMILES string of the molecule is [Cl-].[NH3+]c1ccc(NC2CS(=O)(=O)CC2O)cc1. The highest BCUT2D eigenvalue weighted by molar-refractivity contribution is 7.91. The van der Waals surface area contributed by atoms with E-state index >= 15 is 0 Å². The van der Waals surface area contributed by atoms with E-state index in [9.17, 15) is 13.5 Å². The standard InChI is InChI=1S/C10H14N2O3S.ClH/c11-7-1-3-8(4-2-7)12-9-5-16(14,15)6-10(9)13;/h1-4,9-10,12-13H,5-6,11H2;1H. The van der Waals surface area contributed by atoms with Gasteiger partial charge in [-0.1, -0.05) is 0 Å². The van der Waals surface area contributed by atoms with Crippen molar-refractivity contribution < 1.29 is 31.7 Å². The van der Waals surface area contributed by atoms with Gasteiger partial charge in [-0.15, -0.1) is 0 Å². The Labute approximate surface area is 106 Å². The van der Waals surface area contributed by atoms with Crippen molar-refractivity contribution in [1.29, 1.82) is 0 Å². The average molecular weight is 279 g/mol. The summed E-state index contributed by atoms with van der Waals surface area (Å²) in [6.45, 7) is 0. The third kappa shape index (κ3) is 3.57. The van der Waals surface area contributed by atoms with Crippen molar-refractivity contribution in [3.8, 4) is 0 Å². The van der Waals surface area contributed by atoms with Gasteiger partial charge < -0.3 is 28.6 Å². The predicted molar refractivity (Wildman–Crippen MR) is 61.1 cm³/mol. The van der Waals surface area contributed by atoms with Crippen LogP contribution in [0.1, 0.15) is 0 Å². The second-order valence-electron chi connectivity index (χ2n) is 4.09. The van der Waals surface area contributed by atoms with Gasteiger partial charge in [0, 0.05) is 17.8 Å². The first-order valence-corrected chi connectivity index (χ1v) is 6.85. The minimum Gasteiger partial charge on any atom is -1.00 e. The van der Waals surface area contributed by atoms with E-state index in [2.05, 4.69) is 11.1 Å². The molecule has 0 amide bonds. The van der Waals surface area contributed by atoms with E-state index in [0.29, 0.717) is 0 Å². The van der Waals surface area contributed by atoms with E-state index in [-0.39, 0.29) is 23.9 Å². The predicted octanol–water partition coefficient (Wildman–Crippen LogP) is -3.87. The Morgan fingerprint density at radius 2 is 1.82 bits per heavy atom. The van der Waals surface area contributed by atoms with Crippen LogP contribution in [0, 0.1) is 0 Å². The summed E-state index contributed by atoms with van der Waals surface area (Å²) in [6, 6.07) is 6.89. The Kier molecular flexibility index (Phi) is 4.37. The van der Waals surface area contributed by atoms with Crippen molar-refractivity contribution in [1.82, 2.24) is 0 Å². The van der Waals surface area contributed by atoms with Gasteiger partial charge in [0.25, 0.3) is 0 Å². The van der Waals surface area contributed by atoms with Gasteiger partial charge in [0.05, 0.1) is 23.7 Å². The topological polar surface area (TPSA) is 94.0 Å². The summed E-state index contributed by atoms with van der Waals surface area (Å²) in [6.07, 6.45) is -0.829. The fourth-order valence-corrected chi connectivity index (χ4v) is 3.52. The molecule has 2 atom stereocenters. The molecule has 1 aromatic rings. The molecule has 7 heteroatoms. The van der Waals surface area contributed by atoms with Crippen LogP contribution in [0.3, 0.4) is 0 Å². The van der Waals surface area contributed by atoms with Crippen LogP contribution in [0.5, 0.6) is 0 Å². The maximum absolute atomic E-state index is 11.3. The lowest BCUT2D eigenvalue weighted by Crippen LogP contribution is -3.00. The maximum Gasteiger partial charge on any atom is 0.155 e. The number of halogens is 1. The van der Waals surface area contributed by atoms with Gasteiger partial charge in [0.2, 0.25) is 0 Å². The van der Waals surface area contributed by atoms with Gasteiger partial charge >= 0.3 is 0 Å². The van der Waals surface area contributed by atoms with Crippen LogP contribution >= 0.6 is 0 Å². The second-order valence-corrected chi connectivity index (χ2v) is 6.25. The summed E-state index contributed by atoms with van der Waals surface area (Å²) >= 11 is 0. The lowest BCUT2D eigenvalue weighted by molar-refractivity contribution is -0.254. The highest BCUT2D eigenvalue weighted by Gasteiger charge is 2.36. The normalized spacial score (nSPS) is 26.2. The van der Waals surface area contributed by atoms with Crippen molar-refractivity contribution in [2.75, 3.05) is 16.8 Å². The summed E-state index contributed by atoms with van der Waals surface area (Å²) in [5, 5.41) is 12.6. The molecule has 0 radical (unpaired) electrons. The largest absolute Gasteiger partial charge is 1.00 e. The molecule has 1 heterocycles. The molecule has 0 spiro atoms. The highest BCUT2D eigenvalue weighted by Crippen LogP contribution is 2.18. The van der Waals surface area contributed by atoms with Crippen molar-refractivity contribution in [2.45, 2.75) is 12.1 Å². The van der Waals surface area contributed by atoms with E-state index in [1.807, 2.05) is 24.3 Å². The van der Waals surface area contributed by atoms with Crippen LogP contribution in [0.2, 0.25) is 0 Å². The fourth-order valence-electron chi connectivity index (χ4n) is 1.78. The van der Waals surface area contributed by atoms with E-state index in [4.69, 9.17) is 0 Å². The molecule has 0 saturated carbocycles. The minimum atomic E-state index is -3.10. The number of aliphatic hydroxyl groups is 1. The summed E-state index contributed by atoms with van der Waals surface area (Å²) in [7, 11) is -3.10. The summed E-state index contributed by atoms with van der Waals surface area (Å²) in [5.41, 5.74) is 5.45. The molecule has 96 valence electrons. The molecule has 1 aromatic carbocycles. The van der Waals surface area contributed by atoms with E-state index in [0.717, 1.165) is 11.4 Å². The molecule has 5 nitrogen and oxygen atoms in total. The van der Waals surface area contributed by atoms with Gasteiger partial charge in [-0.3, -0.25) is 0 Å². The second kappa shape index (κ2) is 5.22. The number of quaternary nitrogens is 1. The average Bonchev–Trinajstić information content (AvgIpc) is 2.44. The lowest BCUT2D eigenvalue weighted by atomic mass is 10.2. The van der Waals surface area contributed by atoms with Gasteiger partial charge in [-0.25, -0.2) is 8.42 Å². The van der Waals surface area contributed by atoms with Crippen molar-refractivity contribution in [3.05, 3.63) is 24.3 Å². The minimum absolute atomic E-state index is 0. The van der Waals surface area contributed by atoms with Crippen LogP contribution in [0.25, 0.3) is 0 Å². The molecular weight excluding hydrogens is 264 g/mol. The molecule has 0 aromatic heterocycles. The molecule has 0 aliphatic carbocycles. The number of hydrogen-bond acceptors (Lipinski definition) is 4. The maximum atomic E-state index is 11.3. The number of benzene rings is 1. The number of nitrogens with one attached hydrogen (secondary N) is 1. The zero-order valence-corrected chi connectivity index (χ0v) is 10.7. The highest BCUT2D eigenvalue weighted by atomic mass is 35.5. The fraction of sp³-hybridized carbons (Fsp3) is 0.400. The molecule has 1 aliphatic heterocycles. The summed E-state index contributed by atoms with van der Waals surface area (Å²) in [5.74, 6) is -0.168. The number of aliphatic hydroxyl groups excluding tert-OH is 1. The number of hydrogen-bond donors (Lipinski definition) is 3. The Morgan fingerprint density at radius 3 is 2.29 bits per heavy atom. The first-order chi connectivity index (χ1) is 7.46. The third-order valence-electron chi connectivity index (χ3n) is 2.63. The summed E-state index contributed by atoms with van der Waals surface area (Å²) < 4.78 is 22.6. The Hall–Kier alpha value is -0.820. The van der Waals surface area contributed by atoms with Crippen LogP contribution < -0.4 is 23.5 Å². The van der Waals surface area contributed by atoms with Crippen molar-refractivity contribution in [3.63, 3.8) is 0 Å². The van der Waals surface area contributed by atoms with E-state index in [1.54, 1.807) is 0 Å².